The molecule has 0 saturated carbocycles. The standard InChI is InChI=1S/C16H19N3OS/c1-11-9-14(10-21-11)15(13-7-5-4-6-8-13)18-16(17)19(3)12(2)20/h4-10,15H,1-3H3,(H2,17,18). The number of guanidine groups is 1. The van der Waals surface area contributed by atoms with Gasteiger partial charge in [-0.15, -0.1) is 11.3 Å². The molecule has 0 aliphatic carbocycles. The van der Waals surface area contributed by atoms with Crippen LogP contribution in [0.3, 0.4) is 0 Å². The molecule has 110 valence electrons. The number of carbonyl (C=O) groups is 1. The normalized spacial score (nSPS) is 13.0. The fraction of sp³-hybridized carbons (Fsp3) is 0.250. The van der Waals surface area contributed by atoms with Crippen molar-refractivity contribution in [2.45, 2.75) is 19.9 Å². The van der Waals surface area contributed by atoms with Crippen LogP contribution in [0.25, 0.3) is 0 Å². The minimum atomic E-state index is -0.196. The summed E-state index contributed by atoms with van der Waals surface area (Å²) in [6, 6.07) is 11.9. The van der Waals surface area contributed by atoms with E-state index in [1.54, 1.807) is 18.4 Å². The highest BCUT2D eigenvalue weighted by Gasteiger charge is 2.16. The fourth-order valence-electron chi connectivity index (χ4n) is 1.96. The number of thiophene rings is 1. The molecule has 0 aliphatic heterocycles. The fourth-order valence-corrected chi connectivity index (χ4v) is 2.69. The molecular weight excluding hydrogens is 282 g/mol. The van der Waals surface area contributed by atoms with Gasteiger partial charge in [0.2, 0.25) is 5.91 Å². The molecule has 2 rings (SSSR count). The maximum absolute atomic E-state index is 11.4. The second-order valence-corrected chi connectivity index (χ2v) is 5.98. The molecule has 1 atom stereocenters. The minimum Gasteiger partial charge on any atom is -0.369 e. The Hall–Kier alpha value is -2.14. The monoisotopic (exact) mass is 301 g/mol. The van der Waals surface area contributed by atoms with Crippen LogP contribution in [0.1, 0.15) is 29.0 Å². The highest BCUT2D eigenvalue weighted by atomic mass is 32.1. The van der Waals surface area contributed by atoms with Crippen LogP contribution < -0.4 is 5.73 Å². The molecule has 0 aliphatic rings. The van der Waals surface area contributed by atoms with Crippen LogP contribution in [-0.2, 0) is 4.79 Å². The van der Waals surface area contributed by atoms with Gasteiger partial charge in [0.05, 0.1) is 0 Å². The van der Waals surface area contributed by atoms with Crippen LogP contribution in [0.15, 0.2) is 46.8 Å². The highest BCUT2D eigenvalue weighted by molar-refractivity contribution is 7.10. The number of rotatable bonds is 3. The van der Waals surface area contributed by atoms with Gasteiger partial charge in [-0.1, -0.05) is 30.3 Å². The van der Waals surface area contributed by atoms with Crippen molar-refractivity contribution < 1.29 is 4.79 Å². The van der Waals surface area contributed by atoms with Crippen molar-refractivity contribution in [3.63, 3.8) is 0 Å². The molecule has 0 radical (unpaired) electrons. The minimum absolute atomic E-state index is 0.135. The zero-order valence-electron chi connectivity index (χ0n) is 12.4. The molecule has 5 heteroatoms. The molecule has 1 heterocycles. The van der Waals surface area contributed by atoms with Crippen molar-refractivity contribution >= 4 is 23.2 Å². The van der Waals surface area contributed by atoms with Gasteiger partial charge >= 0.3 is 0 Å². The summed E-state index contributed by atoms with van der Waals surface area (Å²) in [6.45, 7) is 3.53. The maximum Gasteiger partial charge on any atom is 0.225 e. The van der Waals surface area contributed by atoms with Gasteiger partial charge in [0.1, 0.15) is 6.04 Å². The van der Waals surface area contributed by atoms with Crippen molar-refractivity contribution in [2.75, 3.05) is 7.05 Å². The average Bonchev–Trinajstić information content (AvgIpc) is 2.90. The van der Waals surface area contributed by atoms with Gasteiger partial charge in [-0.05, 0) is 29.5 Å². The van der Waals surface area contributed by atoms with E-state index >= 15 is 0 Å². The number of amides is 1. The van der Waals surface area contributed by atoms with Crippen molar-refractivity contribution in [3.05, 3.63) is 57.8 Å². The third kappa shape index (κ3) is 3.70. The predicted octanol–water partition coefficient (Wildman–Crippen LogP) is 2.94. The zero-order chi connectivity index (χ0) is 15.4. The molecule has 0 spiro atoms. The zero-order valence-corrected chi connectivity index (χ0v) is 13.2. The number of carbonyl (C=O) groups excluding carboxylic acids is 1. The van der Waals surface area contributed by atoms with E-state index < -0.39 is 0 Å². The summed E-state index contributed by atoms with van der Waals surface area (Å²) in [6.07, 6.45) is 0. The Bertz CT molecular complexity index is 649. The van der Waals surface area contributed by atoms with E-state index in [4.69, 9.17) is 5.73 Å². The molecule has 1 amide bonds. The van der Waals surface area contributed by atoms with Gasteiger partial charge in [-0.2, -0.15) is 0 Å². The van der Waals surface area contributed by atoms with Gasteiger partial charge < -0.3 is 5.73 Å². The summed E-state index contributed by atoms with van der Waals surface area (Å²) in [5, 5.41) is 2.08. The van der Waals surface area contributed by atoms with E-state index in [0.717, 1.165) is 11.1 Å². The Kier molecular flexibility index (Phi) is 4.75. The molecule has 1 unspecified atom stereocenters. The van der Waals surface area contributed by atoms with E-state index in [1.807, 2.05) is 30.3 Å². The van der Waals surface area contributed by atoms with Crippen molar-refractivity contribution in [1.82, 2.24) is 4.90 Å². The summed E-state index contributed by atoms with van der Waals surface area (Å²) in [5.74, 6) is 0.0877. The second-order valence-electron chi connectivity index (χ2n) is 4.87. The van der Waals surface area contributed by atoms with Crippen molar-refractivity contribution in [1.29, 1.82) is 0 Å². The largest absolute Gasteiger partial charge is 0.369 e. The quantitative estimate of drug-likeness (QED) is 0.700. The molecule has 0 saturated heterocycles. The molecule has 4 nitrogen and oxygen atoms in total. The number of nitrogens with zero attached hydrogens (tertiary/aromatic N) is 2. The van der Waals surface area contributed by atoms with Crippen LogP contribution >= 0.6 is 11.3 Å². The summed E-state index contributed by atoms with van der Waals surface area (Å²) in [4.78, 5) is 18.5. The number of benzene rings is 1. The molecule has 1 aromatic carbocycles. The van der Waals surface area contributed by atoms with Crippen molar-refractivity contribution in [2.24, 2.45) is 10.7 Å². The number of aliphatic imine (C=N–C) groups is 1. The Balaban J connectivity index is 2.42. The van der Waals surface area contributed by atoms with Crippen LogP contribution in [0.5, 0.6) is 0 Å². The smallest absolute Gasteiger partial charge is 0.225 e. The molecule has 1 aromatic heterocycles. The van der Waals surface area contributed by atoms with Crippen LogP contribution in [0, 0.1) is 6.92 Å². The number of nitrogens with two attached hydrogens (primary N) is 1. The average molecular weight is 301 g/mol. The lowest BCUT2D eigenvalue weighted by molar-refractivity contribution is -0.124. The van der Waals surface area contributed by atoms with E-state index in [-0.39, 0.29) is 17.9 Å². The predicted molar refractivity (Wildman–Crippen MR) is 87.4 cm³/mol. The lowest BCUT2D eigenvalue weighted by atomic mass is 10.0. The highest BCUT2D eigenvalue weighted by Crippen LogP contribution is 2.29. The Labute approximate surface area is 128 Å². The second kappa shape index (κ2) is 6.54. The molecule has 2 aromatic rings. The van der Waals surface area contributed by atoms with Gasteiger partial charge in [0.15, 0.2) is 5.96 Å². The lowest BCUT2D eigenvalue weighted by Crippen LogP contribution is -2.37. The summed E-state index contributed by atoms with van der Waals surface area (Å²) < 4.78 is 0. The first kappa shape index (κ1) is 15.3. The summed E-state index contributed by atoms with van der Waals surface area (Å²) >= 11 is 1.68. The van der Waals surface area contributed by atoms with Gasteiger partial charge in [-0.25, -0.2) is 4.99 Å². The third-order valence-electron chi connectivity index (χ3n) is 3.26. The van der Waals surface area contributed by atoms with Crippen LogP contribution in [0.4, 0.5) is 0 Å². The third-order valence-corrected chi connectivity index (χ3v) is 4.14. The topological polar surface area (TPSA) is 58.7 Å². The molecular formula is C16H19N3OS. The Morgan fingerprint density at radius 2 is 1.95 bits per heavy atom. The molecule has 2 N–H and O–H groups in total. The van der Waals surface area contributed by atoms with E-state index in [9.17, 15) is 4.79 Å². The molecule has 0 fully saturated rings. The summed E-state index contributed by atoms with van der Waals surface area (Å²) in [5.41, 5.74) is 8.10. The maximum atomic E-state index is 11.4. The number of hydrogen-bond acceptors (Lipinski definition) is 3. The van der Waals surface area contributed by atoms with E-state index in [1.165, 1.54) is 16.7 Å². The van der Waals surface area contributed by atoms with Gasteiger partial charge in [-0.3, -0.25) is 9.69 Å². The summed E-state index contributed by atoms with van der Waals surface area (Å²) in [7, 11) is 1.63. The number of aryl methyl sites for hydroxylation is 1. The van der Waals surface area contributed by atoms with E-state index in [0.29, 0.717) is 0 Å². The Morgan fingerprint density at radius 1 is 1.29 bits per heavy atom. The molecule has 21 heavy (non-hydrogen) atoms. The van der Waals surface area contributed by atoms with Crippen molar-refractivity contribution in [3.8, 4) is 0 Å². The first-order valence-electron chi connectivity index (χ1n) is 6.66. The van der Waals surface area contributed by atoms with Crippen LogP contribution in [0.2, 0.25) is 0 Å². The van der Waals surface area contributed by atoms with E-state index in [2.05, 4.69) is 23.4 Å². The van der Waals surface area contributed by atoms with Crippen LogP contribution in [-0.4, -0.2) is 23.8 Å². The number of hydrogen-bond donors (Lipinski definition) is 1. The first-order valence-corrected chi connectivity index (χ1v) is 7.54. The first-order chi connectivity index (χ1) is 9.99. The lowest BCUT2D eigenvalue weighted by Gasteiger charge is -2.18. The van der Waals surface area contributed by atoms with Gasteiger partial charge in [0, 0.05) is 18.8 Å². The Morgan fingerprint density at radius 3 is 2.48 bits per heavy atom. The SMILES string of the molecule is CC(=O)N(C)C(N)=NC(c1ccccc1)c1csc(C)c1. The molecule has 0 bridgehead atoms. The van der Waals surface area contributed by atoms with Gasteiger partial charge in [0.25, 0.3) is 0 Å².